The maximum absolute atomic E-state index is 11.8. The van der Waals surface area contributed by atoms with Gasteiger partial charge in [0.05, 0.1) is 0 Å². The molecule has 1 aromatic carbocycles. The third-order valence-electron chi connectivity index (χ3n) is 2.64. The molecule has 2 aromatic rings. The molecule has 0 aliphatic heterocycles. The number of amides is 1. The van der Waals surface area contributed by atoms with Gasteiger partial charge in [0.25, 0.3) is 0 Å². The maximum atomic E-state index is 11.8. The van der Waals surface area contributed by atoms with Crippen molar-refractivity contribution < 1.29 is 4.79 Å². The largest absolute Gasteiger partial charge is 0.350 e. The van der Waals surface area contributed by atoms with Crippen LogP contribution in [0, 0.1) is 6.92 Å². The molecule has 0 bridgehead atoms. The van der Waals surface area contributed by atoms with Gasteiger partial charge in [0.2, 0.25) is 11.7 Å². The molecular weight excluding hydrogens is 254 g/mol. The molecule has 0 atom stereocenters. The third-order valence-corrected chi connectivity index (χ3v) is 2.64. The van der Waals surface area contributed by atoms with Gasteiger partial charge >= 0.3 is 0 Å². The first kappa shape index (κ1) is 14.2. The first-order valence-electron chi connectivity index (χ1n) is 6.50. The minimum Gasteiger partial charge on any atom is -0.350 e. The Morgan fingerprint density at radius 2 is 2.00 bits per heavy atom. The smallest absolute Gasteiger partial charge is 0.244 e. The van der Waals surface area contributed by atoms with Crippen molar-refractivity contribution in [1.82, 2.24) is 25.5 Å². The van der Waals surface area contributed by atoms with Gasteiger partial charge in [0.15, 0.2) is 0 Å². The highest BCUT2D eigenvalue weighted by atomic mass is 16.2. The Labute approximate surface area is 118 Å². The SMILES string of the molecule is Cc1ccccc1-c1nnn(CC(=O)NC(C)(C)C)n1. The Bertz CT molecular complexity index is 612. The van der Waals surface area contributed by atoms with Crippen molar-refractivity contribution in [3.63, 3.8) is 0 Å². The predicted molar refractivity (Wildman–Crippen MR) is 75.9 cm³/mol. The summed E-state index contributed by atoms with van der Waals surface area (Å²) >= 11 is 0. The highest BCUT2D eigenvalue weighted by Gasteiger charge is 2.15. The van der Waals surface area contributed by atoms with Crippen LogP contribution in [0.3, 0.4) is 0 Å². The van der Waals surface area contributed by atoms with E-state index in [1.54, 1.807) is 0 Å². The lowest BCUT2D eigenvalue weighted by Crippen LogP contribution is -2.42. The van der Waals surface area contributed by atoms with Crippen LogP contribution in [-0.4, -0.2) is 31.7 Å². The van der Waals surface area contributed by atoms with E-state index in [1.165, 1.54) is 4.80 Å². The van der Waals surface area contributed by atoms with Crippen LogP contribution in [0.2, 0.25) is 0 Å². The molecule has 0 unspecified atom stereocenters. The van der Waals surface area contributed by atoms with Crippen molar-refractivity contribution in [2.45, 2.75) is 39.8 Å². The average Bonchev–Trinajstić information content (AvgIpc) is 2.75. The van der Waals surface area contributed by atoms with Crippen molar-refractivity contribution in [2.24, 2.45) is 0 Å². The minimum absolute atomic E-state index is 0.0656. The van der Waals surface area contributed by atoms with Gasteiger partial charge in [0, 0.05) is 11.1 Å². The zero-order chi connectivity index (χ0) is 14.8. The Kier molecular flexibility index (Phi) is 3.83. The number of hydrogen-bond acceptors (Lipinski definition) is 4. The van der Waals surface area contributed by atoms with Gasteiger partial charge in [-0.25, -0.2) is 0 Å². The number of rotatable bonds is 3. The molecule has 0 spiro atoms. The predicted octanol–water partition coefficient (Wildman–Crippen LogP) is 1.56. The van der Waals surface area contributed by atoms with Gasteiger partial charge in [-0.3, -0.25) is 4.79 Å². The standard InChI is InChI=1S/C14H19N5O/c1-10-7-5-6-8-11(10)13-16-18-19(17-13)9-12(20)15-14(2,3)4/h5-8H,9H2,1-4H3,(H,15,20). The summed E-state index contributed by atoms with van der Waals surface area (Å²) in [7, 11) is 0. The first-order valence-corrected chi connectivity index (χ1v) is 6.50. The number of aryl methyl sites for hydroxylation is 1. The second kappa shape index (κ2) is 5.40. The van der Waals surface area contributed by atoms with Crippen molar-refractivity contribution in [3.05, 3.63) is 29.8 Å². The molecule has 0 radical (unpaired) electrons. The summed E-state index contributed by atoms with van der Waals surface area (Å²) in [4.78, 5) is 13.1. The highest BCUT2D eigenvalue weighted by molar-refractivity contribution is 5.76. The van der Waals surface area contributed by atoms with E-state index in [4.69, 9.17) is 0 Å². The number of nitrogens with zero attached hydrogens (tertiary/aromatic N) is 4. The van der Waals surface area contributed by atoms with Gasteiger partial charge in [-0.2, -0.15) is 4.80 Å². The van der Waals surface area contributed by atoms with Crippen molar-refractivity contribution >= 4 is 5.91 Å². The second-order valence-corrected chi connectivity index (χ2v) is 5.76. The van der Waals surface area contributed by atoms with Gasteiger partial charge in [-0.15, -0.1) is 10.2 Å². The number of benzene rings is 1. The van der Waals surface area contributed by atoms with Crippen LogP contribution in [-0.2, 0) is 11.3 Å². The number of nitrogens with one attached hydrogen (secondary N) is 1. The molecule has 1 aromatic heterocycles. The molecule has 2 rings (SSSR count). The van der Waals surface area contributed by atoms with Gasteiger partial charge in [0.1, 0.15) is 6.54 Å². The second-order valence-electron chi connectivity index (χ2n) is 5.76. The van der Waals surface area contributed by atoms with E-state index >= 15 is 0 Å². The van der Waals surface area contributed by atoms with E-state index in [0.29, 0.717) is 5.82 Å². The average molecular weight is 273 g/mol. The van der Waals surface area contributed by atoms with Crippen LogP contribution < -0.4 is 5.32 Å². The molecule has 0 fully saturated rings. The zero-order valence-corrected chi connectivity index (χ0v) is 12.2. The van der Waals surface area contributed by atoms with Crippen molar-refractivity contribution in [3.8, 4) is 11.4 Å². The normalized spacial score (nSPS) is 11.4. The summed E-state index contributed by atoms with van der Waals surface area (Å²) in [6.07, 6.45) is 0. The monoisotopic (exact) mass is 273 g/mol. The lowest BCUT2D eigenvalue weighted by Gasteiger charge is -2.19. The van der Waals surface area contributed by atoms with Crippen LogP contribution in [0.5, 0.6) is 0 Å². The molecule has 6 heteroatoms. The van der Waals surface area contributed by atoms with E-state index in [9.17, 15) is 4.79 Å². The number of tetrazole rings is 1. The summed E-state index contributed by atoms with van der Waals surface area (Å²) in [5, 5.41) is 15.0. The quantitative estimate of drug-likeness (QED) is 0.921. The molecule has 0 saturated carbocycles. The molecule has 1 heterocycles. The van der Waals surface area contributed by atoms with E-state index < -0.39 is 0 Å². The molecule has 0 aliphatic carbocycles. The lowest BCUT2D eigenvalue weighted by atomic mass is 10.1. The van der Waals surface area contributed by atoms with E-state index in [-0.39, 0.29) is 18.0 Å². The molecule has 0 aliphatic rings. The Hall–Kier alpha value is -2.24. The minimum atomic E-state index is -0.267. The summed E-state index contributed by atoms with van der Waals surface area (Å²) < 4.78 is 0. The summed E-state index contributed by atoms with van der Waals surface area (Å²) in [6.45, 7) is 7.84. The summed E-state index contributed by atoms with van der Waals surface area (Å²) in [6, 6.07) is 7.81. The van der Waals surface area contributed by atoms with Crippen LogP contribution in [0.1, 0.15) is 26.3 Å². The summed E-state index contributed by atoms with van der Waals surface area (Å²) in [5.74, 6) is 0.401. The number of carbonyl (C=O) groups is 1. The summed E-state index contributed by atoms with van der Waals surface area (Å²) in [5.41, 5.74) is 1.73. The third kappa shape index (κ3) is 3.63. The topological polar surface area (TPSA) is 72.7 Å². The van der Waals surface area contributed by atoms with Crippen molar-refractivity contribution in [2.75, 3.05) is 0 Å². The van der Waals surface area contributed by atoms with E-state index in [1.807, 2.05) is 52.0 Å². The number of carbonyl (C=O) groups excluding carboxylic acids is 1. The fraction of sp³-hybridized carbons (Fsp3) is 0.429. The molecule has 20 heavy (non-hydrogen) atoms. The van der Waals surface area contributed by atoms with Gasteiger partial charge < -0.3 is 5.32 Å². The molecular formula is C14H19N5O. The van der Waals surface area contributed by atoms with Crippen LogP contribution in [0.4, 0.5) is 0 Å². The van der Waals surface area contributed by atoms with E-state index in [0.717, 1.165) is 11.1 Å². The Balaban J connectivity index is 2.10. The first-order chi connectivity index (χ1) is 9.35. The Morgan fingerprint density at radius 3 is 2.65 bits per heavy atom. The lowest BCUT2D eigenvalue weighted by molar-refractivity contribution is -0.123. The van der Waals surface area contributed by atoms with Crippen LogP contribution in [0.25, 0.3) is 11.4 Å². The molecule has 0 saturated heterocycles. The molecule has 1 N–H and O–H groups in total. The highest BCUT2D eigenvalue weighted by Crippen LogP contribution is 2.17. The van der Waals surface area contributed by atoms with Crippen LogP contribution in [0.15, 0.2) is 24.3 Å². The van der Waals surface area contributed by atoms with E-state index in [2.05, 4.69) is 20.7 Å². The number of hydrogen-bond donors (Lipinski definition) is 1. The molecule has 1 amide bonds. The molecule has 6 nitrogen and oxygen atoms in total. The zero-order valence-electron chi connectivity index (χ0n) is 12.2. The number of aromatic nitrogens is 4. The molecule has 106 valence electrons. The fourth-order valence-electron chi connectivity index (χ4n) is 1.83. The van der Waals surface area contributed by atoms with Crippen LogP contribution >= 0.6 is 0 Å². The maximum Gasteiger partial charge on any atom is 0.244 e. The fourth-order valence-corrected chi connectivity index (χ4v) is 1.83. The Morgan fingerprint density at radius 1 is 1.30 bits per heavy atom. The van der Waals surface area contributed by atoms with Gasteiger partial charge in [-0.1, -0.05) is 24.3 Å². The van der Waals surface area contributed by atoms with Gasteiger partial charge in [-0.05, 0) is 38.5 Å². The van der Waals surface area contributed by atoms with Crippen molar-refractivity contribution in [1.29, 1.82) is 0 Å².